The van der Waals surface area contributed by atoms with Gasteiger partial charge in [0.05, 0.1) is 15.5 Å². The molecule has 3 aromatic rings. The summed E-state index contributed by atoms with van der Waals surface area (Å²) in [7, 11) is 0. The highest BCUT2D eigenvalue weighted by atomic mass is 35.5. The first-order chi connectivity index (χ1) is 11.5. The van der Waals surface area contributed by atoms with E-state index in [0.717, 1.165) is 0 Å². The molecule has 2 aromatic carbocycles. The Labute approximate surface area is 146 Å². The molecule has 4 nitrogen and oxygen atoms in total. The molecule has 0 unspecified atom stereocenters. The van der Waals surface area contributed by atoms with Crippen molar-refractivity contribution < 1.29 is 14.0 Å². The molecule has 0 saturated heterocycles. The van der Waals surface area contributed by atoms with Gasteiger partial charge in [-0.2, -0.15) is 0 Å². The molecule has 3 rings (SSSR count). The topological polar surface area (TPSA) is 58.2 Å². The lowest BCUT2D eigenvalue weighted by molar-refractivity contribution is 0.0848. The molecule has 0 bridgehead atoms. The maximum atomic E-state index is 13.9. The Morgan fingerprint density at radius 3 is 2.46 bits per heavy atom. The third kappa shape index (κ3) is 2.98. The van der Waals surface area contributed by atoms with Gasteiger partial charge < -0.3 is 0 Å². The number of carbonyl (C=O) groups is 2. The van der Waals surface area contributed by atoms with E-state index >= 15 is 0 Å². The second kappa shape index (κ2) is 6.59. The van der Waals surface area contributed by atoms with Crippen LogP contribution in [0.2, 0.25) is 5.02 Å². The van der Waals surface area contributed by atoms with E-state index in [4.69, 9.17) is 11.6 Å². The fourth-order valence-corrected chi connectivity index (χ4v) is 3.69. The molecule has 122 valence electrons. The number of hydrogen-bond acceptors (Lipinski definition) is 3. The van der Waals surface area contributed by atoms with Crippen LogP contribution >= 0.6 is 22.9 Å². The minimum Gasteiger partial charge on any atom is -0.267 e. The van der Waals surface area contributed by atoms with Crippen LogP contribution in [-0.4, -0.2) is 11.8 Å². The van der Waals surface area contributed by atoms with E-state index in [1.807, 2.05) is 0 Å². The van der Waals surface area contributed by atoms with Gasteiger partial charge in [-0.1, -0.05) is 29.8 Å². The number of benzene rings is 2. The summed E-state index contributed by atoms with van der Waals surface area (Å²) in [5, 5.41) is 0.703. The van der Waals surface area contributed by atoms with Crippen LogP contribution in [0.4, 0.5) is 4.39 Å². The summed E-state index contributed by atoms with van der Waals surface area (Å²) in [6.45, 7) is 1.67. The molecular formula is C17H12ClFN2O2S. The van der Waals surface area contributed by atoms with E-state index < -0.39 is 11.8 Å². The van der Waals surface area contributed by atoms with Gasteiger partial charge in [0.2, 0.25) is 0 Å². The predicted octanol–water partition coefficient (Wildman–Crippen LogP) is 4.08. The minimum absolute atomic E-state index is 0.249. The van der Waals surface area contributed by atoms with E-state index in [1.165, 1.54) is 17.4 Å². The zero-order valence-electron chi connectivity index (χ0n) is 12.5. The highest BCUT2D eigenvalue weighted by Gasteiger charge is 2.18. The average molecular weight is 363 g/mol. The zero-order valence-corrected chi connectivity index (χ0v) is 14.1. The maximum absolute atomic E-state index is 13.9. The quantitative estimate of drug-likeness (QED) is 0.675. The zero-order chi connectivity index (χ0) is 17.3. The molecule has 0 atom stereocenters. The van der Waals surface area contributed by atoms with Crippen LogP contribution < -0.4 is 10.9 Å². The maximum Gasteiger partial charge on any atom is 0.280 e. The number of nitrogens with one attached hydrogen (secondary N) is 2. The lowest BCUT2D eigenvalue weighted by atomic mass is 10.1. The first-order valence-corrected chi connectivity index (χ1v) is 8.21. The van der Waals surface area contributed by atoms with Crippen molar-refractivity contribution in [1.82, 2.24) is 10.9 Å². The number of amides is 2. The molecule has 0 aliphatic carbocycles. The molecule has 1 aromatic heterocycles. The third-order valence-corrected chi connectivity index (χ3v) is 5.10. The Hall–Kier alpha value is -2.44. The van der Waals surface area contributed by atoms with E-state index in [9.17, 15) is 14.0 Å². The number of hydrazine groups is 1. The SMILES string of the molecule is Cc1c(C(=O)NNC(=O)c2ccccc2Cl)sc2cccc(F)c12. The molecule has 0 saturated carbocycles. The van der Waals surface area contributed by atoms with Gasteiger partial charge in [0.1, 0.15) is 5.82 Å². The second-order valence-electron chi connectivity index (χ2n) is 5.06. The van der Waals surface area contributed by atoms with Crippen LogP contribution in [0.25, 0.3) is 10.1 Å². The van der Waals surface area contributed by atoms with Gasteiger partial charge in [-0.3, -0.25) is 20.4 Å². The van der Waals surface area contributed by atoms with E-state index in [-0.39, 0.29) is 16.4 Å². The normalized spacial score (nSPS) is 10.6. The molecular weight excluding hydrogens is 351 g/mol. The highest BCUT2D eigenvalue weighted by Crippen LogP contribution is 2.32. The lowest BCUT2D eigenvalue weighted by Crippen LogP contribution is -2.41. The van der Waals surface area contributed by atoms with E-state index in [2.05, 4.69) is 10.9 Å². The van der Waals surface area contributed by atoms with Gasteiger partial charge in [0, 0.05) is 10.1 Å². The first kappa shape index (κ1) is 16.4. The number of aryl methyl sites for hydroxylation is 1. The Balaban J connectivity index is 1.79. The summed E-state index contributed by atoms with van der Waals surface area (Å²) in [6, 6.07) is 11.2. The largest absolute Gasteiger partial charge is 0.280 e. The summed E-state index contributed by atoms with van der Waals surface area (Å²) in [6.07, 6.45) is 0. The number of carbonyl (C=O) groups excluding carboxylic acids is 2. The first-order valence-electron chi connectivity index (χ1n) is 7.02. The highest BCUT2D eigenvalue weighted by molar-refractivity contribution is 7.21. The van der Waals surface area contributed by atoms with Gasteiger partial charge >= 0.3 is 0 Å². The summed E-state index contributed by atoms with van der Waals surface area (Å²) < 4.78 is 14.6. The molecule has 0 fully saturated rings. The third-order valence-electron chi connectivity index (χ3n) is 3.52. The van der Waals surface area contributed by atoms with Crippen LogP contribution in [0.1, 0.15) is 25.6 Å². The van der Waals surface area contributed by atoms with Gasteiger partial charge in [-0.05, 0) is 36.8 Å². The van der Waals surface area contributed by atoms with Crippen molar-refractivity contribution in [2.24, 2.45) is 0 Å². The van der Waals surface area contributed by atoms with Crippen molar-refractivity contribution in [3.8, 4) is 0 Å². The van der Waals surface area contributed by atoms with Crippen molar-refractivity contribution in [2.45, 2.75) is 6.92 Å². The summed E-state index contributed by atoms with van der Waals surface area (Å²) >= 11 is 7.10. The second-order valence-corrected chi connectivity index (χ2v) is 6.52. The average Bonchev–Trinajstić information content (AvgIpc) is 2.91. The standard InChI is InChI=1S/C17H12ClFN2O2S/c1-9-14-12(19)7-4-8-13(14)24-15(9)17(23)21-20-16(22)10-5-2-3-6-11(10)18/h2-8H,1H3,(H,20,22)(H,21,23). The Morgan fingerprint density at radius 2 is 1.75 bits per heavy atom. The van der Waals surface area contributed by atoms with Gasteiger partial charge in [-0.15, -0.1) is 11.3 Å². The fourth-order valence-electron chi connectivity index (χ4n) is 2.35. The molecule has 0 aliphatic rings. The number of hydrogen-bond donors (Lipinski definition) is 2. The van der Waals surface area contributed by atoms with E-state index in [1.54, 1.807) is 43.3 Å². The van der Waals surface area contributed by atoms with Crippen molar-refractivity contribution >= 4 is 44.8 Å². The summed E-state index contributed by atoms with van der Waals surface area (Å²) in [5.41, 5.74) is 5.44. The molecule has 1 heterocycles. The molecule has 2 amide bonds. The smallest absolute Gasteiger partial charge is 0.267 e. The Morgan fingerprint density at radius 1 is 1.04 bits per heavy atom. The number of halogens is 2. The summed E-state index contributed by atoms with van der Waals surface area (Å²) in [4.78, 5) is 24.7. The van der Waals surface area contributed by atoms with Crippen molar-refractivity contribution in [2.75, 3.05) is 0 Å². The number of fused-ring (bicyclic) bond motifs is 1. The van der Waals surface area contributed by atoms with Crippen LogP contribution in [-0.2, 0) is 0 Å². The molecule has 2 N–H and O–H groups in total. The van der Waals surface area contributed by atoms with Crippen molar-refractivity contribution in [3.63, 3.8) is 0 Å². The van der Waals surface area contributed by atoms with Gasteiger partial charge in [0.25, 0.3) is 11.8 Å². The monoisotopic (exact) mass is 362 g/mol. The number of thiophene rings is 1. The van der Waals surface area contributed by atoms with Gasteiger partial charge in [-0.25, -0.2) is 4.39 Å². The van der Waals surface area contributed by atoms with Crippen LogP contribution in [0.3, 0.4) is 0 Å². The van der Waals surface area contributed by atoms with Crippen molar-refractivity contribution in [3.05, 3.63) is 69.3 Å². The minimum atomic E-state index is -0.529. The summed E-state index contributed by atoms with van der Waals surface area (Å²) in [5.74, 6) is -1.41. The predicted molar refractivity (Wildman–Crippen MR) is 92.9 cm³/mol. The fraction of sp³-hybridized carbons (Fsp3) is 0.0588. The molecule has 7 heteroatoms. The van der Waals surface area contributed by atoms with Crippen LogP contribution in [0, 0.1) is 12.7 Å². The molecule has 24 heavy (non-hydrogen) atoms. The molecule has 0 radical (unpaired) electrons. The molecule has 0 aliphatic heterocycles. The van der Waals surface area contributed by atoms with Crippen molar-refractivity contribution in [1.29, 1.82) is 0 Å². The Bertz CT molecular complexity index is 955. The molecule has 0 spiro atoms. The lowest BCUT2D eigenvalue weighted by Gasteiger charge is -2.08. The van der Waals surface area contributed by atoms with Crippen LogP contribution in [0.5, 0.6) is 0 Å². The van der Waals surface area contributed by atoms with Crippen LogP contribution in [0.15, 0.2) is 42.5 Å². The Kier molecular flexibility index (Phi) is 4.51. The van der Waals surface area contributed by atoms with Gasteiger partial charge in [0.15, 0.2) is 0 Å². The number of rotatable bonds is 2. The van der Waals surface area contributed by atoms with E-state index in [0.29, 0.717) is 20.5 Å².